The lowest BCUT2D eigenvalue weighted by atomic mass is 10.2. The highest BCUT2D eigenvalue weighted by molar-refractivity contribution is 6.88. The summed E-state index contributed by atoms with van der Waals surface area (Å²) in [4.78, 5) is 11.4. The van der Waals surface area contributed by atoms with Crippen LogP contribution in [0.3, 0.4) is 0 Å². The summed E-state index contributed by atoms with van der Waals surface area (Å²) in [6.45, 7) is 6.80. The first-order valence-electron chi connectivity index (χ1n) is 4.82. The van der Waals surface area contributed by atoms with Gasteiger partial charge in [-0.3, -0.25) is 0 Å². The van der Waals surface area contributed by atoms with Crippen LogP contribution in [0.2, 0.25) is 19.6 Å². The van der Waals surface area contributed by atoms with Gasteiger partial charge in [-0.25, -0.2) is 4.79 Å². The Labute approximate surface area is 89.2 Å². The van der Waals surface area contributed by atoms with E-state index in [1.54, 1.807) is 0 Å². The molecule has 15 heavy (non-hydrogen) atoms. The van der Waals surface area contributed by atoms with E-state index in [2.05, 4.69) is 19.6 Å². The van der Waals surface area contributed by atoms with Gasteiger partial charge in [0.1, 0.15) is 20.2 Å². The number of furan rings is 1. The van der Waals surface area contributed by atoms with E-state index >= 15 is 0 Å². The molecule has 0 amide bonds. The minimum atomic E-state index is -1.59. The molecule has 0 bridgehead atoms. The van der Waals surface area contributed by atoms with Gasteiger partial charge in [-0.05, 0) is 0 Å². The number of esters is 1. The summed E-state index contributed by atoms with van der Waals surface area (Å²) in [5.41, 5.74) is 1.37. The van der Waals surface area contributed by atoms with Crippen LogP contribution in [-0.4, -0.2) is 21.2 Å². The van der Waals surface area contributed by atoms with Gasteiger partial charge < -0.3 is 13.9 Å². The quantitative estimate of drug-likeness (QED) is 0.566. The molecule has 0 aliphatic carbocycles. The highest BCUT2D eigenvalue weighted by atomic mass is 28.3. The number of carbonyl (C=O) groups excluding carboxylic acids is 1. The molecule has 4 nitrogen and oxygen atoms in total. The SMILES string of the molecule is COc1oc([Si](C)(C)C)c2c1C(=O)OC2. The maximum Gasteiger partial charge on any atom is 0.346 e. The van der Waals surface area contributed by atoms with Crippen LogP contribution in [0.1, 0.15) is 15.9 Å². The second kappa shape index (κ2) is 3.13. The topological polar surface area (TPSA) is 48.7 Å². The maximum absolute atomic E-state index is 11.4. The van der Waals surface area contributed by atoms with E-state index in [9.17, 15) is 4.79 Å². The van der Waals surface area contributed by atoms with E-state index in [4.69, 9.17) is 13.9 Å². The van der Waals surface area contributed by atoms with E-state index in [0.29, 0.717) is 18.1 Å². The van der Waals surface area contributed by atoms with Crippen LogP contribution in [0.25, 0.3) is 0 Å². The molecule has 0 unspecified atom stereocenters. The van der Waals surface area contributed by atoms with Crippen LogP contribution in [-0.2, 0) is 11.3 Å². The Morgan fingerprint density at radius 2 is 2.00 bits per heavy atom. The lowest BCUT2D eigenvalue weighted by Gasteiger charge is -2.13. The number of fused-ring (bicyclic) bond motifs is 1. The van der Waals surface area contributed by atoms with Gasteiger partial charge in [0.25, 0.3) is 5.95 Å². The molecule has 0 N–H and O–H groups in total. The van der Waals surface area contributed by atoms with E-state index < -0.39 is 8.07 Å². The van der Waals surface area contributed by atoms with E-state index in [1.165, 1.54) is 7.11 Å². The molecule has 1 aromatic heterocycles. The molecule has 1 aliphatic heterocycles. The van der Waals surface area contributed by atoms with Crippen LogP contribution in [0.5, 0.6) is 5.95 Å². The highest BCUT2D eigenvalue weighted by Gasteiger charge is 2.38. The Bertz CT molecular complexity index is 414. The van der Waals surface area contributed by atoms with Crippen molar-refractivity contribution in [1.29, 1.82) is 0 Å². The molecule has 1 aromatic rings. The van der Waals surface area contributed by atoms with Crippen molar-refractivity contribution >= 4 is 19.4 Å². The third-order valence-electron chi connectivity index (χ3n) is 2.39. The van der Waals surface area contributed by atoms with Crippen molar-refractivity contribution in [2.75, 3.05) is 7.11 Å². The fourth-order valence-electron chi connectivity index (χ4n) is 1.75. The Balaban J connectivity index is 2.61. The van der Waals surface area contributed by atoms with Gasteiger partial charge in [0.05, 0.1) is 12.5 Å². The minimum Gasteiger partial charge on any atom is -0.468 e. The average Bonchev–Trinajstić information content (AvgIpc) is 2.65. The predicted molar refractivity (Wildman–Crippen MR) is 57.4 cm³/mol. The highest BCUT2D eigenvalue weighted by Crippen LogP contribution is 2.31. The standard InChI is InChI=1S/C10H14O4Si/c1-12-9-7-6(5-13-8(7)11)10(14-9)15(2,3)4/h5H2,1-4H3. The number of hydrogen-bond donors (Lipinski definition) is 0. The van der Waals surface area contributed by atoms with Gasteiger partial charge in [0.2, 0.25) is 0 Å². The zero-order valence-electron chi connectivity index (χ0n) is 9.34. The molecule has 0 atom stereocenters. The van der Waals surface area contributed by atoms with Crippen molar-refractivity contribution in [1.82, 2.24) is 0 Å². The number of cyclic esters (lactones) is 1. The molecular weight excluding hydrogens is 212 g/mol. The lowest BCUT2D eigenvalue weighted by molar-refractivity contribution is 0.0526. The number of rotatable bonds is 2. The van der Waals surface area contributed by atoms with Gasteiger partial charge in [0, 0.05) is 5.56 Å². The predicted octanol–water partition coefficient (Wildman–Crippen LogP) is 1.50. The molecule has 1 aliphatic rings. The molecule has 0 saturated carbocycles. The molecular formula is C10H14O4Si. The molecule has 0 spiro atoms. The molecule has 2 heterocycles. The zero-order chi connectivity index (χ0) is 11.2. The molecule has 82 valence electrons. The number of ether oxygens (including phenoxy) is 2. The van der Waals surface area contributed by atoms with Crippen LogP contribution >= 0.6 is 0 Å². The number of hydrogen-bond acceptors (Lipinski definition) is 4. The van der Waals surface area contributed by atoms with Crippen molar-refractivity contribution in [2.45, 2.75) is 26.2 Å². The fraction of sp³-hybridized carbons (Fsp3) is 0.500. The van der Waals surface area contributed by atoms with Crippen molar-refractivity contribution in [3.8, 4) is 5.95 Å². The first-order chi connectivity index (χ1) is 6.95. The summed E-state index contributed by atoms with van der Waals surface area (Å²) in [5.74, 6) is -0.0416. The third kappa shape index (κ3) is 1.47. The van der Waals surface area contributed by atoms with E-state index in [1.807, 2.05) is 0 Å². The van der Waals surface area contributed by atoms with E-state index in [-0.39, 0.29) is 5.97 Å². The van der Waals surface area contributed by atoms with Crippen molar-refractivity contribution in [3.05, 3.63) is 11.1 Å². The summed E-state index contributed by atoms with van der Waals surface area (Å²) < 4.78 is 15.7. The van der Waals surface area contributed by atoms with E-state index in [0.717, 1.165) is 10.9 Å². The van der Waals surface area contributed by atoms with Crippen LogP contribution in [0, 0.1) is 0 Å². The number of carbonyl (C=O) groups is 1. The number of methoxy groups -OCH3 is 1. The monoisotopic (exact) mass is 226 g/mol. The lowest BCUT2D eigenvalue weighted by Crippen LogP contribution is -2.38. The second-order valence-corrected chi connectivity index (χ2v) is 9.56. The van der Waals surface area contributed by atoms with Crippen LogP contribution < -0.4 is 10.1 Å². The summed E-state index contributed by atoms with van der Waals surface area (Å²) >= 11 is 0. The van der Waals surface area contributed by atoms with Gasteiger partial charge >= 0.3 is 5.97 Å². The van der Waals surface area contributed by atoms with Crippen molar-refractivity contribution in [3.63, 3.8) is 0 Å². The van der Waals surface area contributed by atoms with Gasteiger partial charge in [-0.1, -0.05) is 19.6 Å². The van der Waals surface area contributed by atoms with Gasteiger partial charge in [-0.15, -0.1) is 0 Å². The van der Waals surface area contributed by atoms with Crippen LogP contribution in [0.4, 0.5) is 0 Å². The molecule has 0 saturated heterocycles. The van der Waals surface area contributed by atoms with Gasteiger partial charge in [0.15, 0.2) is 0 Å². The van der Waals surface area contributed by atoms with Gasteiger partial charge in [-0.2, -0.15) is 0 Å². The Hall–Kier alpha value is -1.23. The minimum absolute atomic E-state index is 0.296. The molecule has 0 aromatic carbocycles. The third-order valence-corrected chi connectivity index (χ3v) is 4.16. The normalized spacial score (nSPS) is 15.1. The summed E-state index contributed by atoms with van der Waals surface area (Å²) in [5, 5.41) is 0.903. The first-order valence-corrected chi connectivity index (χ1v) is 8.32. The van der Waals surface area contributed by atoms with Crippen molar-refractivity contribution < 1.29 is 18.7 Å². The Morgan fingerprint density at radius 3 is 2.53 bits per heavy atom. The molecule has 2 rings (SSSR count). The van der Waals surface area contributed by atoms with Crippen LogP contribution in [0.15, 0.2) is 4.42 Å². The molecule has 0 fully saturated rings. The fourth-order valence-corrected chi connectivity index (χ4v) is 3.25. The summed E-state index contributed by atoms with van der Waals surface area (Å²) in [7, 11) is -0.0954. The maximum atomic E-state index is 11.4. The molecule has 5 heteroatoms. The first kappa shape index (κ1) is 10.3. The van der Waals surface area contributed by atoms with Crippen molar-refractivity contribution in [2.24, 2.45) is 0 Å². The zero-order valence-corrected chi connectivity index (χ0v) is 10.3. The molecule has 0 radical (unpaired) electrons. The Morgan fingerprint density at radius 1 is 1.33 bits per heavy atom. The largest absolute Gasteiger partial charge is 0.468 e. The smallest absolute Gasteiger partial charge is 0.346 e. The summed E-state index contributed by atoms with van der Waals surface area (Å²) in [6.07, 6.45) is 0. The summed E-state index contributed by atoms with van der Waals surface area (Å²) in [6, 6.07) is 0. The average molecular weight is 226 g/mol. The Kier molecular flexibility index (Phi) is 2.15. The second-order valence-electron chi connectivity index (χ2n) is 4.60.